The van der Waals surface area contributed by atoms with Gasteiger partial charge in [-0.15, -0.1) is 11.6 Å². The van der Waals surface area contributed by atoms with Gasteiger partial charge in [-0.05, 0) is 5.56 Å². The predicted octanol–water partition coefficient (Wildman–Crippen LogP) is 1.98. The minimum Gasteiger partial charge on any atom is -0.468 e. The van der Waals surface area contributed by atoms with Crippen LogP contribution in [0, 0.1) is 0 Å². The van der Waals surface area contributed by atoms with Crippen molar-refractivity contribution in [1.82, 2.24) is 0 Å². The quantitative estimate of drug-likeness (QED) is 0.571. The van der Waals surface area contributed by atoms with Gasteiger partial charge >= 0.3 is 5.97 Å². The molecule has 1 aromatic carbocycles. The Kier molecular flexibility index (Phi) is 5.15. The molecule has 0 aromatic heterocycles. The molecule has 1 rings (SSSR count). The van der Waals surface area contributed by atoms with Crippen molar-refractivity contribution in [3.05, 3.63) is 35.9 Å². The fourth-order valence-electron chi connectivity index (χ4n) is 1.05. The fraction of sp³-hybridized carbons (Fsp3) is 0.364. The highest BCUT2D eigenvalue weighted by Crippen LogP contribution is 2.04. The topological polar surface area (TPSA) is 35.5 Å². The van der Waals surface area contributed by atoms with Crippen molar-refractivity contribution >= 4 is 17.6 Å². The van der Waals surface area contributed by atoms with Crippen molar-refractivity contribution in [1.29, 1.82) is 0 Å². The summed E-state index contributed by atoms with van der Waals surface area (Å²) in [5.41, 5.74) is 1.05. The highest BCUT2D eigenvalue weighted by atomic mass is 35.5. The van der Waals surface area contributed by atoms with Gasteiger partial charge in [-0.2, -0.15) is 0 Å². The van der Waals surface area contributed by atoms with E-state index in [9.17, 15) is 4.79 Å². The Morgan fingerprint density at radius 1 is 1.40 bits per heavy atom. The summed E-state index contributed by atoms with van der Waals surface area (Å²) in [4.78, 5) is 10.9. The van der Waals surface area contributed by atoms with Gasteiger partial charge in [0.05, 0.1) is 20.3 Å². The molecule has 82 valence electrons. The summed E-state index contributed by atoms with van der Waals surface area (Å²) in [7, 11) is 1.30. The lowest BCUT2D eigenvalue weighted by atomic mass is 10.2. The Bertz CT molecular complexity index is 300. The van der Waals surface area contributed by atoms with Crippen LogP contribution in [0.25, 0.3) is 0 Å². The van der Waals surface area contributed by atoms with Crippen molar-refractivity contribution < 1.29 is 14.3 Å². The van der Waals surface area contributed by atoms with Gasteiger partial charge in [-0.1, -0.05) is 30.3 Å². The van der Waals surface area contributed by atoms with Gasteiger partial charge in [0.1, 0.15) is 0 Å². The molecular weight excluding hydrogens is 216 g/mol. The lowest BCUT2D eigenvalue weighted by Crippen LogP contribution is -2.21. The normalized spacial score (nSPS) is 12.1. The number of carbonyl (C=O) groups is 1. The van der Waals surface area contributed by atoms with E-state index in [1.807, 2.05) is 30.3 Å². The zero-order valence-corrected chi connectivity index (χ0v) is 9.24. The average Bonchev–Trinajstić information content (AvgIpc) is 2.29. The van der Waals surface area contributed by atoms with E-state index in [1.165, 1.54) is 7.11 Å². The van der Waals surface area contributed by atoms with E-state index < -0.39 is 11.3 Å². The van der Waals surface area contributed by atoms with E-state index in [0.29, 0.717) is 6.61 Å². The maximum Gasteiger partial charge on any atom is 0.326 e. The molecule has 0 aliphatic carbocycles. The van der Waals surface area contributed by atoms with E-state index in [1.54, 1.807) is 0 Å². The van der Waals surface area contributed by atoms with Crippen LogP contribution < -0.4 is 0 Å². The zero-order chi connectivity index (χ0) is 11.1. The third-order valence-electron chi connectivity index (χ3n) is 1.83. The van der Waals surface area contributed by atoms with E-state index in [4.69, 9.17) is 16.3 Å². The van der Waals surface area contributed by atoms with E-state index in [-0.39, 0.29) is 6.61 Å². The second-order valence-electron chi connectivity index (χ2n) is 2.99. The molecule has 4 heteroatoms. The van der Waals surface area contributed by atoms with Gasteiger partial charge in [0.2, 0.25) is 0 Å². The van der Waals surface area contributed by atoms with Crippen LogP contribution in [0.15, 0.2) is 30.3 Å². The molecule has 0 saturated heterocycles. The summed E-state index contributed by atoms with van der Waals surface area (Å²) in [6.45, 7) is 0.601. The summed E-state index contributed by atoms with van der Waals surface area (Å²) >= 11 is 5.70. The summed E-state index contributed by atoms with van der Waals surface area (Å²) in [6, 6.07) is 9.68. The maximum atomic E-state index is 10.9. The van der Waals surface area contributed by atoms with Gasteiger partial charge in [0.25, 0.3) is 0 Å². The van der Waals surface area contributed by atoms with Gasteiger partial charge in [-0.3, -0.25) is 4.79 Å². The summed E-state index contributed by atoms with van der Waals surface area (Å²) in [6.07, 6.45) is 0. The molecule has 3 nitrogen and oxygen atoms in total. The molecule has 0 saturated carbocycles. The fourth-order valence-corrected chi connectivity index (χ4v) is 1.23. The first-order chi connectivity index (χ1) is 7.24. The molecule has 1 atom stereocenters. The largest absolute Gasteiger partial charge is 0.468 e. The third kappa shape index (κ3) is 4.32. The Morgan fingerprint density at radius 2 is 2.07 bits per heavy atom. The molecule has 0 N–H and O–H groups in total. The van der Waals surface area contributed by atoms with Gasteiger partial charge < -0.3 is 9.47 Å². The summed E-state index contributed by atoms with van der Waals surface area (Å²) < 4.78 is 9.74. The Balaban J connectivity index is 2.25. The number of hydrogen-bond acceptors (Lipinski definition) is 3. The van der Waals surface area contributed by atoms with Crippen molar-refractivity contribution in [2.24, 2.45) is 0 Å². The minimum atomic E-state index is -0.737. The van der Waals surface area contributed by atoms with Crippen LogP contribution in [0.2, 0.25) is 0 Å². The molecule has 0 fully saturated rings. The van der Waals surface area contributed by atoms with Crippen molar-refractivity contribution in [3.8, 4) is 0 Å². The van der Waals surface area contributed by atoms with Gasteiger partial charge in [0.15, 0.2) is 5.38 Å². The molecule has 0 bridgehead atoms. The van der Waals surface area contributed by atoms with Crippen LogP contribution in [-0.2, 0) is 20.9 Å². The third-order valence-corrected chi connectivity index (χ3v) is 2.14. The molecule has 1 unspecified atom stereocenters. The average molecular weight is 229 g/mol. The first-order valence-corrected chi connectivity index (χ1v) is 5.01. The minimum absolute atomic E-state index is 0.156. The number of carbonyl (C=O) groups excluding carboxylic acids is 1. The Labute approximate surface area is 93.9 Å². The number of ether oxygens (including phenoxy) is 2. The first-order valence-electron chi connectivity index (χ1n) is 4.57. The van der Waals surface area contributed by atoms with Crippen molar-refractivity contribution in [3.63, 3.8) is 0 Å². The highest BCUT2D eigenvalue weighted by Gasteiger charge is 2.15. The molecule has 0 aliphatic heterocycles. The van der Waals surface area contributed by atoms with Crippen LogP contribution in [0.3, 0.4) is 0 Å². The Morgan fingerprint density at radius 3 is 2.67 bits per heavy atom. The van der Waals surface area contributed by atoms with Crippen molar-refractivity contribution in [2.75, 3.05) is 13.7 Å². The molecule has 15 heavy (non-hydrogen) atoms. The highest BCUT2D eigenvalue weighted by molar-refractivity contribution is 6.30. The van der Waals surface area contributed by atoms with Crippen LogP contribution >= 0.6 is 11.6 Å². The molecule has 0 amide bonds. The molecule has 0 aliphatic rings. The second kappa shape index (κ2) is 6.43. The smallest absolute Gasteiger partial charge is 0.326 e. The lowest BCUT2D eigenvalue weighted by Gasteiger charge is -2.08. The van der Waals surface area contributed by atoms with Gasteiger partial charge in [-0.25, -0.2) is 0 Å². The lowest BCUT2D eigenvalue weighted by molar-refractivity contribution is -0.141. The van der Waals surface area contributed by atoms with Crippen LogP contribution in [0.5, 0.6) is 0 Å². The van der Waals surface area contributed by atoms with Crippen molar-refractivity contribution in [2.45, 2.75) is 12.0 Å². The van der Waals surface area contributed by atoms with Crippen LogP contribution in [-0.4, -0.2) is 25.1 Å². The van der Waals surface area contributed by atoms with Gasteiger partial charge in [0, 0.05) is 0 Å². The monoisotopic (exact) mass is 228 g/mol. The van der Waals surface area contributed by atoms with Crippen LogP contribution in [0.1, 0.15) is 5.56 Å². The number of methoxy groups -OCH3 is 1. The van der Waals surface area contributed by atoms with E-state index >= 15 is 0 Å². The number of benzene rings is 1. The predicted molar refractivity (Wildman–Crippen MR) is 57.8 cm³/mol. The molecule has 0 heterocycles. The number of hydrogen-bond donors (Lipinski definition) is 0. The molecule has 0 radical (unpaired) electrons. The SMILES string of the molecule is COC(=O)C(Cl)COCc1ccccc1. The van der Waals surface area contributed by atoms with Crippen LogP contribution in [0.4, 0.5) is 0 Å². The van der Waals surface area contributed by atoms with E-state index in [0.717, 1.165) is 5.56 Å². The summed E-state index contributed by atoms with van der Waals surface area (Å²) in [5, 5.41) is -0.737. The summed E-state index contributed by atoms with van der Waals surface area (Å²) in [5.74, 6) is -0.468. The zero-order valence-electron chi connectivity index (χ0n) is 8.48. The molecule has 0 spiro atoms. The molecule has 1 aromatic rings. The maximum absolute atomic E-state index is 10.9. The number of rotatable bonds is 5. The second-order valence-corrected chi connectivity index (χ2v) is 3.52. The van der Waals surface area contributed by atoms with E-state index in [2.05, 4.69) is 4.74 Å². The molecular formula is C11H13ClO3. The standard InChI is InChI=1S/C11H13ClO3/c1-14-11(13)10(12)8-15-7-9-5-3-2-4-6-9/h2-6,10H,7-8H2,1H3. The number of alkyl halides is 1. The Hall–Kier alpha value is -1.06. The number of halogens is 1. The first kappa shape index (κ1) is 12.0. The number of esters is 1.